The zero-order valence-electron chi connectivity index (χ0n) is 22.7. The monoisotopic (exact) mass is 591 g/mol. The van der Waals surface area contributed by atoms with Crippen molar-refractivity contribution in [3.05, 3.63) is 89.1 Å². The highest BCUT2D eigenvalue weighted by atomic mass is 19.4. The van der Waals surface area contributed by atoms with Crippen LogP contribution < -0.4 is 19.9 Å². The predicted octanol–water partition coefficient (Wildman–Crippen LogP) is 5.86. The van der Waals surface area contributed by atoms with Crippen LogP contribution in [0.1, 0.15) is 35.6 Å². The highest BCUT2D eigenvalue weighted by Gasteiger charge is 2.33. The number of imidazole rings is 1. The normalized spacial score (nSPS) is 15.8. The summed E-state index contributed by atoms with van der Waals surface area (Å²) in [7, 11) is 0. The summed E-state index contributed by atoms with van der Waals surface area (Å²) in [6.07, 6.45) is -3.09. The molecule has 13 heteroatoms. The molecule has 1 amide bonds. The van der Waals surface area contributed by atoms with Gasteiger partial charge in [0, 0.05) is 56.2 Å². The number of aromatic nitrogens is 2. The summed E-state index contributed by atoms with van der Waals surface area (Å²) < 4.78 is 85.7. The van der Waals surface area contributed by atoms with Crippen molar-refractivity contribution in [2.24, 2.45) is 0 Å². The number of fused-ring (bicyclic) bond motifs is 1. The number of hydrogen-bond acceptors (Lipinski definition) is 5. The van der Waals surface area contributed by atoms with Gasteiger partial charge in [-0.1, -0.05) is 13.0 Å². The van der Waals surface area contributed by atoms with Gasteiger partial charge in [-0.2, -0.15) is 0 Å². The molecule has 1 N–H and O–H groups in total. The summed E-state index contributed by atoms with van der Waals surface area (Å²) in [5, 5.41) is 2.78. The van der Waals surface area contributed by atoms with Crippen LogP contribution in [-0.4, -0.2) is 47.3 Å². The molecular weight excluding hydrogens is 564 g/mol. The van der Waals surface area contributed by atoms with Crippen LogP contribution in [0.2, 0.25) is 0 Å². The number of pyridine rings is 1. The van der Waals surface area contributed by atoms with Crippen molar-refractivity contribution in [3.63, 3.8) is 0 Å². The first-order valence-corrected chi connectivity index (χ1v) is 13.2. The fourth-order valence-corrected chi connectivity index (χ4v) is 5.17. The molecule has 0 spiro atoms. The standard InChI is InChI=1S/C29H27F6N5O2/c1-3-23-27(40-9-8-19(30)13-26(40)37-23)28(41)36-15-18-4-6-24(21(31)12-18)38-10-11-39(17(2)16-38)20-5-7-25(22(32)14-20)42-29(33,34)35/h4-9,12-14,17H,3,10-11,15-16H2,1-2H3,(H,36,41)/t17-/m0/s1. The molecule has 1 aliphatic heterocycles. The lowest BCUT2D eigenvalue weighted by Crippen LogP contribution is -2.52. The lowest BCUT2D eigenvalue weighted by Gasteiger charge is -2.42. The van der Waals surface area contributed by atoms with E-state index >= 15 is 4.39 Å². The maximum Gasteiger partial charge on any atom is 0.573 e. The molecule has 42 heavy (non-hydrogen) atoms. The van der Waals surface area contributed by atoms with Gasteiger partial charge >= 0.3 is 6.36 Å². The molecule has 2 aromatic heterocycles. The number of nitrogens with one attached hydrogen (secondary N) is 1. The van der Waals surface area contributed by atoms with Gasteiger partial charge in [-0.15, -0.1) is 13.2 Å². The van der Waals surface area contributed by atoms with Crippen LogP contribution in [0.5, 0.6) is 5.75 Å². The SMILES string of the molecule is CCc1nc2cc(F)ccn2c1C(=O)NCc1ccc(N2CCN(c3ccc(OC(F)(F)F)c(F)c3)[C@@H](C)C2)c(F)c1. The number of halogens is 6. The molecule has 0 bridgehead atoms. The average Bonchev–Trinajstić information content (AvgIpc) is 3.30. The molecule has 5 rings (SSSR count). The number of nitrogens with zero attached hydrogens (tertiary/aromatic N) is 4. The number of benzene rings is 2. The second-order valence-corrected chi connectivity index (χ2v) is 9.95. The van der Waals surface area contributed by atoms with Crippen molar-refractivity contribution in [1.29, 1.82) is 0 Å². The number of aryl methyl sites for hydroxylation is 1. The molecule has 0 saturated carbocycles. The van der Waals surface area contributed by atoms with E-state index in [9.17, 15) is 26.7 Å². The lowest BCUT2D eigenvalue weighted by atomic mass is 10.1. The Bertz CT molecular complexity index is 1620. The van der Waals surface area contributed by atoms with E-state index in [0.717, 1.165) is 12.1 Å². The van der Waals surface area contributed by atoms with Crippen molar-refractivity contribution in [2.75, 3.05) is 29.4 Å². The molecule has 1 fully saturated rings. The first-order valence-electron chi connectivity index (χ1n) is 13.2. The van der Waals surface area contributed by atoms with Crippen LogP contribution in [0.25, 0.3) is 5.65 Å². The van der Waals surface area contributed by atoms with E-state index in [2.05, 4.69) is 15.0 Å². The molecule has 7 nitrogen and oxygen atoms in total. The molecule has 1 aliphatic rings. The Morgan fingerprint density at radius 3 is 2.50 bits per heavy atom. The molecule has 1 atom stereocenters. The van der Waals surface area contributed by atoms with Gasteiger partial charge in [-0.05, 0) is 49.2 Å². The zero-order valence-corrected chi connectivity index (χ0v) is 22.7. The highest BCUT2D eigenvalue weighted by Crippen LogP contribution is 2.31. The van der Waals surface area contributed by atoms with Crippen LogP contribution in [0.4, 0.5) is 37.7 Å². The first-order chi connectivity index (χ1) is 19.9. The molecule has 3 heterocycles. The Balaban J connectivity index is 1.23. The van der Waals surface area contributed by atoms with Gasteiger partial charge in [-0.3, -0.25) is 9.20 Å². The lowest BCUT2D eigenvalue weighted by molar-refractivity contribution is -0.275. The van der Waals surface area contributed by atoms with Crippen molar-refractivity contribution in [1.82, 2.24) is 14.7 Å². The maximum absolute atomic E-state index is 15.2. The van der Waals surface area contributed by atoms with Crippen LogP contribution in [0.15, 0.2) is 54.7 Å². The highest BCUT2D eigenvalue weighted by molar-refractivity contribution is 5.94. The average molecular weight is 592 g/mol. The van der Waals surface area contributed by atoms with E-state index in [1.807, 2.05) is 23.6 Å². The molecule has 222 valence electrons. The summed E-state index contributed by atoms with van der Waals surface area (Å²) in [5.41, 5.74) is 2.40. The van der Waals surface area contributed by atoms with Gasteiger partial charge in [0.1, 0.15) is 23.0 Å². The molecule has 2 aromatic carbocycles. The number of piperazine rings is 1. The van der Waals surface area contributed by atoms with Gasteiger partial charge in [-0.25, -0.2) is 18.2 Å². The number of anilines is 2. The summed E-state index contributed by atoms with van der Waals surface area (Å²) in [6, 6.07) is 10.2. The van der Waals surface area contributed by atoms with Gasteiger partial charge in [0.25, 0.3) is 5.91 Å². The summed E-state index contributed by atoms with van der Waals surface area (Å²) in [4.78, 5) is 21.0. The van der Waals surface area contributed by atoms with Crippen molar-refractivity contribution in [2.45, 2.75) is 39.2 Å². The van der Waals surface area contributed by atoms with Crippen molar-refractivity contribution in [3.8, 4) is 5.75 Å². The minimum Gasteiger partial charge on any atom is -0.403 e. The quantitative estimate of drug-likeness (QED) is 0.273. The summed E-state index contributed by atoms with van der Waals surface area (Å²) in [5.74, 6) is -3.41. The second kappa shape index (κ2) is 11.5. The Labute approximate surface area is 237 Å². The number of carbonyl (C=O) groups is 1. The molecule has 0 aliphatic carbocycles. The van der Waals surface area contributed by atoms with Crippen molar-refractivity contribution >= 4 is 22.9 Å². The smallest absolute Gasteiger partial charge is 0.403 e. The van der Waals surface area contributed by atoms with Gasteiger partial charge < -0.3 is 19.9 Å². The van der Waals surface area contributed by atoms with Gasteiger partial charge in [0.15, 0.2) is 11.6 Å². The second-order valence-electron chi connectivity index (χ2n) is 9.95. The van der Waals surface area contributed by atoms with Crippen LogP contribution in [0.3, 0.4) is 0 Å². The molecule has 0 unspecified atom stereocenters. The predicted molar refractivity (Wildman–Crippen MR) is 144 cm³/mol. The van der Waals surface area contributed by atoms with E-state index in [0.29, 0.717) is 60.0 Å². The van der Waals surface area contributed by atoms with E-state index in [1.54, 1.807) is 12.1 Å². The van der Waals surface area contributed by atoms with Crippen LogP contribution in [0, 0.1) is 17.5 Å². The Kier molecular flexibility index (Phi) is 7.93. The third kappa shape index (κ3) is 6.09. The van der Waals surface area contributed by atoms with E-state index in [1.165, 1.54) is 34.9 Å². The Morgan fingerprint density at radius 2 is 1.83 bits per heavy atom. The number of amides is 1. The van der Waals surface area contributed by atoms with E-state index in [4.69, 9.17) is 0 Å². The Hall–Kier alpha value is -4.42. The number of hydrogen-bond donors (Lipinski definition) is 1. The molecule has 1 saturated heterocycles. The van der Waals surface area contributed by atoms with Gasteiger partial charge in [0.05, 0.1) is 11.4 Å². The zero-order chi connectivity index (χ0) is 30.2. The third-order valence-electron chi connectivity index (χ3n) is 7.12. The topological polar surface area (TPSA) is 62.1 Å². The fourth-order valence-electron chi connectivity index (χ4n) is 5.17. The van der Waals surface area contributed by atoms with Crippen LogP contribution >= 0.6 is 0 Å². The minimum absolute atomic E-state index is 0.0530. The maximum atomic E-state index is 15.2. The fraction of sp³-hybridized carbons (Fsp3) is 0.310. The third-order valence-corrected chi connectivity index (χ3v) is 7.12. The van der Waals surface area contributed by atoms with E-state index < -0.39 is 35.5 Å². The van der Waals surface area contributed by atoms with Gasteiger partial charge in [0.2, 0.25) is 0 Å². The molecular formula is C29H27F6N5O2. The number of rotatable bonds is 7. The molecule has 0 radical (unpaired) electrons. The number of alkyl halides is 3. The Morgan fingerprint density at radius 1 is 1.05 bits per heavy atom. The minimum atomic E-state index is -5.00. The molecule has 4 aromatic rings. The first kappa shape index (κ1) is 29.1. The summed E-state index contributed by atoms with van der Waals surface area (Å²) in [6.45, 7) is 4.88. The number of carbonyl (C=O) groups excluding carboxylic acids is 1. The van der Waals surface area contributed by atoms with Crippen molar-refractivity contribution < 1.29 is 35.9 Å². The largest absolute Gasteiger partial charge is 0.573 e. The van der Waals surface area contributed by atoms with Crippen LogP contribution in [-0.2, 0) is 13.0 Å². The van der Waals surface area contributed by atoms with E-state index in [-0.39, 0.29) is 12.6 Å². The number of ether oxygens (including phenoxy) is 1. The summed E-state index contributed by atoms with van der Waals surface area (Å²) >= 11 is 0.